The highest BCUT2D eigenvalue weighted by Crippen LogP contribution is 2.17. The molecule has 3 rings (SSSR count). The molecular weight excluding hydrogens is 480 g/mol. The van der Waals surface area contributed by atoms with Crippen molar-refractivity contribution >= 4 is 33.5 Å². The van der Waals surface area contributed by atoms with E-state index in [0.717, 1.165) is 12.8 Å². The summed E-state index contributed by atoms with van der Waals surface area (Å²) in [5.41, 5.74) is 2.94. The lowest BCUT2D eigenvalue weighted by atomic mass is 10.1. The number of ether oxygens (including phenoxy) is 1. The lowest BCUT2D eigenvalue weighted by molar-refractivity contribution is -0.143. The molecule has 0 spiro atoms. The molecule has 2 aromatic carbocycles. The fourth-order valence-corrected chi connectivity index (χ4v) is 4.41. The molecule has 0 saturated carbocycles. The first-order valence-electron chi connectivity index (χ1n) is 11.7. The van der Waals surface area contributed by atoms with Crippen molar-refractivity contribution < 1.29 is 22.7 Å². The normalized spacial score (nSPS) is 11.1. The topological polar surface area (TPSA) is 127 Å². The maximum absolute atomic E-state index is 12.6. The van der Waals surface area contributed by atoms with E-state index in [1.807, 2.05) is 30.3 Å². The second-order valence-corrected chi connectivity index (χ2v) is 10.00. The van der Waals surface area contributed by atoms with Crippen LogP contribution in [0.5, 0.6) is 0 Å². The summed E-state index contributed by atoms with van der Waals surface area (Å²) < 4.78 is 32.8. The van der Waals surface area contributed by atoms with Crippen LogP contribution in [-0.2, 0) is 30.8 Å². The minimum Gasteiger partial charge on any atom is -0.466 e. The van der Waals surface area contributed by atoms with Gasteiger partial charge in [-0.15, -0.1) is 0 Å². The van der Waals surface area contributed by atoms with E-state index < -0.39 is 10.0 Å². The molecular formula is C26H30N4O5S. The van der Waals surface area contributed by atoms with Crippen LogP contribution in [0.15, 0.2) is 65.6 Å². The number of aromatic nitrogens is 2. The maximum Gasteiger partial charge on any atom is 0.305 e. The Morgan fingerprint density at radius 3 is 2.22 bits per heavy atom. The van der Waals surface area contributed by atoms with E-state index in [9.17, 15) is 18.0 Å². The minimum absolute atomic E-state index is 0.000370. The fourth-order valence-electron chi connectivity index (χ4n) is 3.46. The number of carbonyl (C=O) groups is 2. The Morgan fingerprint density at radius 1 is 0.889 bits per heavy atom. The van der Waals surface area contributed by atoms with Crippen LogP contribution in [0.25, 0.3) is 0 Å². The molecule has 1 aromatic heterocycles. The van der Waals surface area contributed by atoms with Crippen LogP contribution in [-0.4, -0.2) is 36.9 Å². The van der Waals surface area contributed by atoms with Crippen molar-refractivity contribution in [1.29, 1.82) is 0 Å². The Labute approximate surface area is 211 Å². The number of esters is 1. The van der Waals surface area contributed by atoms with Crippen LogP contribution in [0.1, 0.15) is 42.6 Å². The Kier molecular flexibility index (Phi) is 9.52. The van der Waals surface area contributed by atoms with Gasteiger partial charge in [0.05, 0.1) is 11.5 Å². The number of anilines is 2. The lowest BCUT2D eigenvalue weighted by Gasteiger charge is -2.09. The Morgan fingerprint density at radius 2 is 1.56 bits per heavy atom. The molecule has 0 aliphatic heterocycles. The summed E-state index contributed by atoms with van der Waals surface area (Å²) >= 11 is 0. The van der Waals surface area contributed by atoms with E-state index in [-0.39, 0.29) is 35.6 Å². The van der Waals surface area contributed by atoms with Gasteiger partial charge in [0.2, 0.25) is 11.9 Å². The molecule has 1 amide bonds. The van der Waals surface area contributed by atoms with Gasteiger partial charge >= 0.3 is 5.97 Å². The zero-order chi connectivity index (χ0) is 26.0. The number of aryl methyl sites for hydroxylation is 3. The van der Waals surface area contributed by atoms with Gasteiger partial charge in [0, 0.05) is 29.9 Å². The molecule has 9 nitrogen and oxygen atoms in total. The third kappa shape index (κ3) is 8.77. The largest absolute Gasteiger partial charge is 0.466 e. The fraction of sp³-hybridized carbons (Fsp3) is 0.308. The number of benzene rings is 2. The van der Waals surface area contributed by atoms with E-state index in [2.05, 4.69) is 20.0 Å². The number of carbonyl (C=O) groups excluding carboxylic acids is 2. The monoisotopic (exact) mass is 510 g/mol. The lowest BCUT2D eigenvalue weighted by Crippen LogP contribution is -2.16. The van der Waals surface area contributed by atoms with Crippen molar-refractivity contribution in [1.82, 2.24) is 9.97 Å². The average Bonchev–Trinajstić information content (AvgIpc) is 2.82. The molecule has 0 bridgehead atoms. The number of nitrogens with zero attached hydrogens (tertiary/aromatic N) is 2. The van der Waals surface area contributed by atoms with Crippen molar-refractivity contribution in [3.8, 4) is 0 Å². The van der Waals surface area contributed by atoms with E-state index in [4.69, 9.17) is 4.74 Å². The highest BCUT2D eigenvalue weighted by Gasteiger charge is 2.16. The van der Waals surface area contributed by atoms with Crippen molar-refractivity contribution in [3.63, 3.8) is 0 Å². The highest BCUT2D eigenvalue weighted by molar-refractivity contribution is 7.92. The van der Waals surface area contributed by atoms with E-state index in [1.54, 1.807) is 19.9 Å². The summed E-state index contributed by atoms with van der Waals surface area (Å²) in [6, 6.07) is 17.5. The van der Waals surface area contributed by atoms with Gasteiger partial charge in [-0.3, -0.25) is 9.59 Å². The van der Waals surface area contributed by atoms with Crippen LogP contribution in [0.2, 0.25) is 0 Å². The van der Waals surface area contributed by atoms with Gasteiger partial charge in [-0.25, -0.2) is 23.1 Å². The summed E-state index contributed by atoms with van der Waals surface area (Å²) in [6.07, 6.45) is 2.24. The molecule has 10 heteroatoms. The molecule has 0 fully saturated rings. The molecule has 0 radical (unpaired) electrons. The van der Waals surface area contributed by atoms with Crippen molar-refractivity contribution in [2.45, 2.75) is 50.8 Å². The molecule has 36 heavy (non-hydrogen) atoms. The van der Waals surface area contributed by atoms with Crippen molar-refractivity contribution in [2.24, 2.45) is 0 Å². The van der Waals surface area contributed by atoms with Gasteiger partial charge in [-0.1, -0.05) is 30.3 Å². The second-order valence-electron chi connectivity index (χ2n) is 8.32. The number of sulfonamides is 1. The summed E-state index contributed by atoms with van der Waals surface area (Å²) in [4.78, 5) is 32.2. The first-order valence-corrected chi connectivity index (χ1v) is 13.1. The summed E-state index contributed by atoms with van der Waals surface area (Å²) in [6.45, 7) is 3.85. The standard InChI is InChI=1S/C26H30N4O5S/c1-19-18-20(2)28-26(27-19)30-36(33,34)23-15-13-22(14-16-23)29-24(31)11-6-12-25(32)35-17-7-10-21-8-4-3-5-9-21/h3-5,8-9,13-16,18H,6-7,10-12,17H2,1-2H3,(H,29,31)(H,27,28,30). The summed E-state index contributed by atoms with van der Waals surface area (Å²) in [5.74, 6) is -0.602. The number of hydrogen-bond donors (Lipinski definition) is 2. The Balaban J connectivity index is 1.38. The van der Waals surface area contributed by atoms with E-state index in [1.165, 1.54) is 29.8 Å². The van der Waals surface area contributed by atoms with Crippen LogP contribution in [0.3, 0.4) is 0 Å². The quantitative estimate of drug-likeness (QED) is 0.276. The van der Waals surface area contributed by atoms with Gasteiger partial charge in [-0.05, 0) is 69.0 Å². The molecule has 190 valence electrons. The van der Waals surface area contributed by atoms with Crippen molar-refractivity contribution in [3.05, 3.63) is 77.6 Å². The number of hydrogen-bond acceptors (Lipinski definition) is 7. The Hall–Kier alpha value is -3.79. The number of rotatable bonds is 12. The first kappa shape index (κ1) is 26.8. The smallest absolute Gasteiger partial charge is 0.305 e. The SMILES string of the molecule is Cc1cc(C)nc(NS(=O)(=O)c2ccc(NC(=O)CCCC(=O)OCCCc3ccccc3)cc2)n1. The Bertz CT molecular complexity index is 1260. The molecule has 0 aliphatic carbocycles. The maximum atomic E-state index is 12.6. The molecule has 1 heterocycles. The molecule has 0 unspecified atom stereocenters. The van der Waals surface area contributed by atoms with Gasteiger partial charge in [0.25, 0.3) is 10.0 Å². The third-order valence-electron chi connectivity index (χ3n) is 5.16. The minimum atomic E-state index is -3.88. The van der Waals surface area contributed by atoms with Crippen LogP contribution in [0, 0.1) is 13.8 Å². The van der Waals surface area contributed by atoms with Crippen LogP contribution >= 0.6 is 0 Å². The van der Waals surface area contributed by atoms with Gasteiger partial charge in [0.15, 0.2) is 0 Å². The number of amides is 1. The van der Waals surface area contributed by atoms with E-state index in [0.29, 0.717) is 30.1 Å². The van der Waals surface area contributed by atoms with Gasteiger partial charge in [-0.2, -0.15) is 0 Å². The van der Waals surface area contributed by atoms with Crippen LogP contribution < -0.4 is 10.0 Å². The molecule has 0 aliphatic rings. The molecule has 0 atom stereocenters. The predicted octanol–water partition coefficient (Wildman–Crippen LogP) is 4.18. The van der Waals surface area contributed by atoms with Crippen molar-refractivity contribution in [2.75, 3.05) is 16.6 Å². The van der Waals surface area contributed by atoms with Gasteiger partial charge < -0.3 is 10.1 Å². The predicted molar refractivity (Wildman–Crippen MR) is 137 cm³/mol. The first-order chi connectivity index (χ1) is 17.2. The average molecular weight is 511 g/mol. The highest BCUT2D eigenvalue weighted by atomic mass is 32.2. The molecule has 3 aromatic rings. The van der Waals surface area contributed by atoms with E-state index >= 15 is 0 Å². The number of nitrogens with one attached hydrogen (secondary N) is 2. The zero-order valence-electron chi connectivity index (χ0n) is 20.4. The zero-order valence-corrected chi connectivity index (χ0v) is 21.2. The van der Waals surface area contributed by atoms with Gasteiger partial charge in [0.1, 0.15) is 0 Å². The van der Waals surface area contributed by atoms with Crippen LogP contribution in [0.4, 0.5) is 11.6 Å². The summed E-state index contributed by atoms with van der Waals surface area (Å²) in [7, 11) is -3.88. The second kappa shape index (κ2) is 12.8. The summed E-state index contributed by atoms with van der Waals surface area (Å²) in [5, 5.41) is 2.70. The molecule has 0 saturated heterocycles. The molecule has 2 N–H and O–H groups in total. The third-order valence-corrected chi connectivity index (χ3v) is 6.50.